The van der Waals surface area contributed by atoms with Crippen LogP contribution < -0.4 is 5.73 Å². The Morgan fingerprint density at radius 3 is 2.53 bits per heavy atom. The zero-order chi connectivity index (χ0) is 11.5. The number of rotatable bonds is 2. The molecule has 0 amide bonds. The Morgan fingerprint density at radius 2 is 1.93 bits per heavy atom. The number of nitrogens with two attached hydrogens (primary N) is 1. The van der Waals surface area contributed by atoms with Crippen LogP contribution >= 0.6 is 0 Å². The van der Waals surface area contributed by atoms with Crippen LogP contribution in [0.15, 0.2) is 0 Å². The molecule has 1 aliphatic rings. The summed E-state index contributed by atoms with van der Waals surface area (Å²) in [6.07, 6.45) is 4.67. The molecule has 1 saturated carbocycles. The van der Waals surface area contributed by atoms with E-state index in [0.717, 1.165) is 32.1 Å². The van der Waals surface area contributed by atoms with Crippen molar-refractivity contribution in [1.82, 2.24) is 0 Å². The fourth-order valence-corrected chi connectivity index (χ4v) is 2.17. The Hall–Kier alpha value is -0.570. The van der Waals surface area contributed by atoms with E-state index in [0.29, 0.717) is 12.0 Å². The average Bonchev–Trinajstić information content (AvgIpc) is 2.27. The van der Waals surface area contributed by atoms with Gasteiger partial charge in [-0.25, -0.2) is 0 Å². The van der Waals surface area contributed by atoms with Crippen molar-refractivity contribution in [2.75, 3.05) is 6.61 Å². The van der Waals surface area contributed by atoms with Crippen molar-refractivity contribution in [1.29, 1.82) is 0 Å². The van der Waals surface area contributed by atoms with Gasteiger partial charge in [0.25, 0.3) is 0 Å². The van der Waals surface area contributed by atoms with Crippen LogP contribution in [0.4, 0.5) is 0 Å². The highest BCUT2D eigenvalue weighted by molar-refractivity contribution is 5.80. The zero-order valence-electron chi connectivity index (χ0n) is 10.1. The lowest BCUT2D eigenvalue weighted by Gasteiger charge is -2.26. The van der Waals surface area contributed by atoms with E-state index in [1.165, 1.54) is 0 Å². The van der Waals surface area contributed by atoms with E-state index in [-0.39, 0.29) is 5.97 Å². The molecular formula is C12H23NO2. The van der Waals surface area contributed by atoms with Crippen LogP contribution in [0.3, 0.4) is 0 Å². The Kier molecular flexibility index (Phi) is 3.77. The monoisotopic (exact) mass is 213 g/mol. The summed E-state index contributed by atoms with van der Waals surface area (Å²) in [6.45, 7) is 6.72. The van der Waals surface area contributed by atoms with Crippen molar-refractivity contribution in [2.24, 2.45) is 11.1 Å². The van der Waals surface area contributed by atoms with Crippen LogP contribution in [0, 0.1) is 5.41 Å². The molecule has 1 aliphatic carbocycles. The van der Waals surface area contributed by atoms with Crippen LogP contribution in [-0.4, -0.2) is 18.1 Å². The average molecular weight is 213 g/mol. The van der Waals surface area contributed by atoms with Gasteiger partial charge in [0, 0.05) is 0 Å². The molecule has 1 rings (SSSR count). The first-order valence-electron chi connectivity index (χ1n) is 5.86. The van der Waals surface area contributed by atoms with Gasteiger partial charge in [0.15, 0.2) is 0 Å². The van der Waals surface area contributed by atoms with Gasteiger partial charge in [0.05, 0.1) is 6.61 Å². The number of esters is 1. The third kappa shape index (κ3) is 3.20. The van der Waals surface area contributed by atoms with Crippen molar-refractivity contribution in [3.05, 3.63) is 0 Å². The van der Waals surface area contributed by atoms with E-state index < -0.39 is 5.54 Å². The first-order valence-corrected chi connectivity index (χ1v) is 5.86. The highest BCUT2D eigenvalue weighted by atomic mass is 16.5. The van der Waals surface area contributed by atoms with E-state index in [2.05, 4.69) is 13.8 Å². The van der Waals surface area contributed by atoms with E-state index in [1.54, 1.807) is 0 Å². The van der Waals surface area contributed by atoms with Gasteiger partial charge in [-0.1, -0.05) is 20.3 Å². The van der Waals surface area contributed by atoms with Crippen LogP contribution in [0.1, 0.15) is 52.9 Å². The van der Waals surface area contributed by atoms with Crippen LogP contribution in [-0.2, 0) is 9.53 Å². The smallest absolute Gasteiger partial charge is 0.326 e. The predicted molar refractivity (Wildman–Crippen MR) is 60.4 cm³/mol. The highest BCUT2D eigenvalue weighted by Gasteiger charge is 2.39. The lowest BCUT2D eigenvalue weighted by atomic mass is 9.84. The molecule has 0 aromatic rings. The molecule has 0 radical (unpaired) electrons. The van der Waals surface area contributed by atoms with Gasteiger partial charge in [0.1, 0.15) is 5.54 Å². The number of carbonyl (C=O) groups is 1. The third-order valence-electron chi connectivity index (χ3n) is 3.41. The summed E-state index contributed by atoms with van der Waals surface area (Å²) < 4.78 is 5.04. The second-order valence-electron chi connectivity index (χ2n) is 5.39. The van der Waals surface area contributed by atoms with Crippen molar-refractivity contribution in [3.63, 3.8) is 0 Å². The summed E-state index contributed by atoms with van der Waals surface area (Å²) in [4.78, 5) is 11.7. The second-order valence-corrected chi connectivity index (χ2v) is 5.39. The molecule has 1 fully saturated rings. The minimum atomic E-state index is -0.732. The minimum absolute atomic E-state index is 0.220. The molecule has 0 aromatic carbocycles. The summed E-state index contributed by atoms with van der Waals surface area (Å²) in [6, 6.07) is 0. The fraction of sp³-hybridized carbons (Fsp3) is 0.917. The molecule has 15 heavy (non-hydrogen) atoms. The first kappa shape index (κ1) is 12.5. The molecule has 0 aromatic heterocycles. The molecule has 0 saturated heterocycles. The summed E-state index contributed by atoms with van der Waals surface area (Å²) >= 11 is 0. The van der Waals surface area contributed by atoms with Crippen molar-refractivity contribution in [3.8, 4) is 0 Å². The summed E-state index contributed by atoms with van der Waals surface area (Å²) in [5, 5.41) is 0. The van der Waals surface area contributed by atoms with Gasteiger partial charge in [-0.2, -0.15) is 0 Å². The molecule has 3 nitrogen and oxygen atoms in total. The number of hydrogen-bond donors (Lipinski definition) is 1. The van der Waals surface area contributed by atoms with E-state index in [1.807, 2.05) is 6.92 Å². The first-order chi connectivity index (χ1) is 6.90. The Balaban J connectivity index is 2.65. The molecule has 1 unspecified atom stereocenters. The number of ether oxygens (including phenoxy) is 1. The van der Waals surface area contributed by atoms with Gasteiger partial charge < -0.3 is 10.5 Å². The maximum Gasteiger partial charge on any atom is 0.326 e. The normalized spacial score (nSPS) is 30.7. The zero-order valence-corrected chi connectivity index (χ0v) is 10.1. The predicted octanol–water partition coefficient (Wildman–Crippen LogP) is 2.24. The van der Waals surface area contributed by atoms with E-state index >= 15 is 0 Å². The lowest BCUT2D eigenvalue weighted by molar-refractivity contribution is -0.150. The van der Waals surface area contributed by atoms with Gasteiger partial charge in [-0.05, 0) is 38.0 Å². The Labute approximate surface area is 92.4 Å². The van der Waals surface area contributed by atoms with Crippen molar-refractivity contribution < 1.29 is 9.53 Å². The SMILES string of the molecule is CCOC(=O)C1(N)CCCC(C)(C)CC1. The van der Waals surface area contributed by atoms with Crippen LogP contribution in [0.2, 0.25) is 0 Å². The summed E-state index contributed by atoms with van der Waals surface area (Å²) in [5.74, 6) is -0.220. The van der Waals surface area contributed by atoms with E-state index in [4.69, 9.17) is 10.5 Å². The molecular weight excluding hydrogens is 190 g/mol. The van der Waals surface area contributed by atoms with Crippen molar-refractivity contribution >= 4 is 5.97 Å². The number of hydrogen-bond acceptors (Lipinski definition) is 3. The minimum Gasteiger partial charge on any atom is -0.465 e. The van der Waals surface area contributed by atoms with Gasteiger partial charge >= 0.3 is 5.97 Å². The molecule has 0 heterocycles. The molecule has 88 valence electrons. The second kappa shape index (κ2) is 4.52. The molecule has 2 N–H and O–H groups in total. The summed E-state index contributed by atoms with van der Waals surface area (Å²) in [7, 11) is 0. The van der Waals surface area contributed by atoms with Gasteiger partial charge in [0.2, 0.25) is 0 Å². The Morgan fingerprint density at radius 1 is 1.27 bits per heavy atom. The highest BCUT2D eigenvalue weighted by Crippen LogP contribution is 2.37. The van der Waals surface area contributed by atoms with Gasteiger partial charge in [-0.15, -0.1) is 0 Å². The lowest BCUT2D eigenvalue weighted by Crippen LogP contribution is -2.48. The standard InChI is InChI=1S/C12H23NO2/c1-4-15-10(14)12(13)7-5-6-11(2,3)8-9-12/h4-9,13H2,1-3H3. The maximum atomic E-state index is 11.7. The van der Waals surface area contributed by atoms with Crippen LogP contribution in [0.5, 0.6) is 0 Å². The fourth-order valence-electron chi connectivity index (χ4n) is 2.17. The Bertz CT molecular complexity index is 238. The third-order valence-corrected chi connectivity index (χ3v) is 3.41. The molecule has 1 atom stereocenters. The van der Waals surface area contributed by atoms with Crippen molar-refractivity contribution in [2.45, 2.75) is 58.4 Å². The van der Waals surface area contributed by atoms with Gasteiger partial charge in [-0.3, -0.25) is 4.79 Å². The maximum absolute atomic E-state index is 11.7. The molecule has 0 bridgehead atoms. The quantitative estimate of drug-likeness (QED) is 0.565. The van der Waals surface area contributed by atoms with Crippen LogP contribution in [0.25, 0.3) is 0 Å². The largest absolute Gasteiger partial charge is 0.465 e. The van der Waals surface area contributed by atoms with E-state index in [9.17, 15) is 4.79 Å². The summed E-state index contributed by atoms with van der Waals surface area (Å²) in [5.41, 5.74) is 5.72. The molecule has 0 aliphatic heterocycles. The number of carbonyl (C=O) groups excluding carboxylic acids is 1. The molecule has 3 heteroatoms. The topological polar surface area (TPSA) is 52.3 Å². The molecule has 0 spiro atoms.